The van der Waals surface area contributed by atoms with E-state index in [-0.39, 0.29) is 5.71 Å². The minimum atomic E-state index is -1.66. The summed E-state index contributed by atoms with van der Waals surface area (Å²) < 4.78 is 15.0. The number of nitrogens with zero attached hydrogens (tertiary/aromatic N) is 1. The maximum Gasteiger partial charge on any atom is 0.422 e. The molecule has 28 heavy (non-hydrogen) atoms. The van der Waals surface area contributed by atoms with Crippen molar-refractivity contribution >= 4 is 23.7 Å². The third-order valence-electron chi connectivity index (χ3n) is 5.15. The van der Waals surface area contributed by atoms with Gasteiger partial charge in [-0.15, -0.1) is 0 Å². The summed E-state index contributed by atoms with van der Waals surface area (Å²) in [5, 5.41) is 4.12. The molecular formula is C18H24N4O6. The number of esters is 2. The molecule has 0 spiro atoms. The van der Waals surface area contributed by atoms with Crippen LogP contribution in [0.2, 0.25) is 0 Å². The van der Waals surface area contributed by atoms with Crippen molar-refractivity contribution in [3.05, 3.63) is 24.3 Å². The minimum absolute atomic E-state index is 0.147. The first-order valence-electron chi connectivity index (χ1n) is 8.73. The Morgan fingerprint density at radius 2 is 1.82 bits per heavy atom. The van der Waals surface area contributed by atoms with E-state index in [4.69, 9.17) is 14.2 Å². The predicted octanol–water partition coefficient (Wildman–Crippen LogP) is 0.520. The Bertz CT molecular complexity index is 813. The number of allylic oxidation sites excluding steroid dienone is 3. The van der Waals surface area contributed by atoms with Gasteiger partial charge < -0.3 is 14.2 Å². The van der Waals surface area contributed by atoms with Gasteiger partial charge in [0.2, 0.25) is 5.66 Å². The van der Waals surface area contributed by atoms with Crippen LogP contribution in [0.25, 0.3) is 0 Å². The van der Waals surface area contributed by atoms with E-state index in [1.807, 2.05) is 0 Å². The average Bonchev–Trinajstić information content (AvgIpc) is 3.35. The van der Waals surface area contributed by atoms with Crippen molar-refractivity contribution in [2.75, 3.05) is 14.2 Å². The van der Waals surface area contributed by atoms with Crippen molar-refractivity contribution in [3.63, 3.8) is 0 Å². The highest BCUT2D eigenvalue weighted by molar-refractivity contribution is 6.40. The zero-order valence-electron chi connectivity index (χ0n) is 16.4. The number of nitrogens with one attached hydrogen (secondary N) is 3. The van der Waals surface area contributed by atoms with E-state index in [0.29, 0.717) is 6.42 Å². The summed E-state index contributed by atoms with van der Waals surface area (Å²) in [7, 11) is 2.49. The molecule has 0 aromatic heterocycles. The predicted molar refractivity (Wildman–Crippen MR) is 97.6 cm³/mol. The van der Waals surface area contributed by atoms with Gasteiger partial charge in [-0.2, -0.15) is 10.5 Å². The van der Waals surface area contributed by atoms with Gasteiger partial charge in [-0.3, -0.25) is 10.9 Å². The van der Waals surface area contributed by atoms with Crippen LogP contribution in [-0.2, 0) is 23.8 Å². The highest BCUT2D eigenvalue weighted by atomic mass is 16.6. The molecule has 3 rings (SSSR count). The van der Waals surface area contributed by atoms with Crippen molar-refractivity contribution < 1.29 is 28.6 Å². The lowest BCUT2D eigenvalue weighted by atomic mass is 9.75. The molecule has 152 valence electrons. The molecule has 0 aromatic carbocycles. The summed E-state index contributed by atoms with van der Waals surface area (Å²) >= 11 is 0. The molecule has 3 aliphatic rings. The number of carbonyl (C=O) groups is 3. The van der Waals surface area contributed by atoms with Crippen molar-refractivity contribution in [3.8, 4) is 0 Å². The Morgan fingerprint density at radius 3 is 2.43 bits per heavy atom. The fraction of sp³-hybridized carbons (Fsp3) is 0.556. The summed E-state index contributed by atoms with van der Waals surface area (Å²) in [6.07, 6.45) is 6.73. The first-order valence-corrected chi connectivity index (χ1v) is 8.73. The van der Waals surface area contributed by atoms with E-state index in [0.717, 1.165) is 0 Å². The standard InChI is InChI=1S/C18H24N4O6/c1-15(2,3)28-14(25)20-22-18(13(24)27-5)17-9-7-6-8-16(17,10-17)11(19-21-18)12(23)26-4/h6-9,21-22H,10H2,1-5H3,(H,20,25)/t16-,17-,18-/m1/s1. The number of ether oxygens (including phenoxy) is 3. The SMILES string of the molecule is COC(=O)C1=NN[C@@](NNC(=O)OC(C)(C)C)(C(=O)OC)[C@@]23C=CC=C[C@@]12C3. The maximum atomic E-state index is 12.8. The van der Waals surface area contributed by atoms with Crippen LogP contribution in [-0.4, -0.2) is 49.2 Å². The highest BCUT2D eigenvalue weighted by Gasteiger charge is 2.82. The van der Waals surface area contributed by atoms with Crippen molar-refractivity contribution in [2.45, 2.75) is 38.5 Å². The molecule has 0 aromatic rings. The molecule has 1 saturated carbocycles. The lowest BCUT2D eigenvalue weighted by molar-refractivity contribution is -0.155. The van der Waals surface area contributed by atoms with Gasteiger partial charge in [0.25, 0.3) is 0 Å². The van der Waals surface area contributed by atoms with Gasteiger partial charge in [-0.1, -0.05) is 24.3 Å². The zero-order chi connectivity index (χ0) is 20.8. The van der Waals surface area contributed by atoms with Crippen molar-refractivity contribution in [2.24, 2.45) is 15.9 Å². The molecule has 1 amide bonds. The largest absolute Gasteiger partial charge is 0.466 e. The first kappa shape index (κ1) is 19.9. The Labute approximate surface area is 162 Å². The topological polar surface area (TPSA) is 127 Å². The van der Waals surface area contributed by atoms with Crippen LogP contribution in [0.5, 0.6) is 0 Å². The molecule has 1 aliphatic heterocycles. The molecule has 0 radical (unpaired) electrons. The molecule has 10 heteroatoms. The quantitative estimate of drug-likeness (QED) is 0.359. The third-order valence-corrected chi connectivity index (χ3v) is 5.15. The second-order valence-corrected chi connectivity index (χ2v) is 7.89. The Kier molecular flexibility index (Phi) is 4.49. The summed E-state index contributed by atoms with van der Waals surface area (Å²) in [6.45, 7) is 5.15. The molecular weight excluding hydrogens is 368 g/mol. The van der Waals surface area contributed by atoms with Gasteiger partial charge in [0, 0.05) is 0 Å². The average molecular weight is 392 g/mol. The zero-order valence-corrected chi connectivity index (χ0v) is 16.4. The Morgan fingerprint density at radius 1 is 1.14 bits per heavy atom. The molecule has 0 saturated heterocycles. The number of methoxy groups -OCH3 is 2. The van der Waals surface area contributed by atoms with Crippen LogP contribution in [0.3, 0.4) is 0 Å². The smallest absolute Gasteiger partial charge is 0.422 e. The van der Waals surface area contributed by atoms with Crippen LogP contribution < -0.4 is 16.3 Å². The van der Waals surface area contributed by atoms with Gasteiger partial charge in [0.05, 0.1) is 25.0 Å². The normalized spacial score (nSPS) is 32.1. The second kappa shape index (κ2) is 6.33. The van der Waals surface area contributed by atoms with Crippen LogP contribution in [0.4, 0.5) is 4.79 Å². The van der Waals surface area contributed by atoms with Gasteiger partial charge in [-0.25, -0.2) is 14.4 Å². The highest BCUT2D eigenvalue weighted by Crippen LogP contribution is 2.73. The molecule has 1 fully saturated rings. The lowest BCUT2D eigenvalue weighted by Crippen LogP contribution is -2.74. The number of hydrazone groups is 1. The molecule has 2 aliphatic carbocycles. The van der Waals surface area contributed by atoms with Crippen LogP contribution >= 0.6 is 0 Å². The van der Waals surface area contributed by atoms with E-state index < -0.39 is 40.1 Å². The van der Waals surface area contributed by atoms with E-state index in [9.17, 15) is 14.4 Å². The summed E-state index contributed by atoms with van der Waals surface area (Å²) in [5.74, 6) is -1.31. The molecule has 0 bridgehead atoms. The van der Waals surface area contributed by atoms with Gasteiger partial charge >= 0.3 is 18.0 Å². The van der Waals surface area contributed by atoms with Crippen molar-refractivity contribution in [1.29, 1.82) is 0 Å². The first-order chi connectivity index (χ1) is 13.1. The lowest BCUT2D eigenvalue weighted by Gasteiger charge is -2.43. The van der Waals surface area contributed by atoms with Gasteiger partial charge in [-0.05, 0) is 27.2 Å². The summed E-state index contributed by atoms with van der Waals surface area (Å²) in [4.78, 5) is 37.2. The summed E-state index contributed by atoms with van der Waals surface area (Å²) in [5.41, 5.74) is 3.74. The number of hydrogen-bond acceptors (Lipinski definition) is 9. The van der Waals surface area contributed by atoms with Crippen molar-refractivity contribution in [1.82, 2.24) is 16.3 Å². The Hall–Kier alpha value is -2.88. The van der Waals surface area contributed by atoms with Crippen LogP contribution in [0.15, 0.2) is 29.4 Å². The van der Waals surface area contributed by atoms with E-state index >= 15 is 0 Å². The van der Waals surface area contributed by atoms with E-state index in [2.05, 4.69) is 21.4 Å². The van der Waals surface area contributed by atoms with Gasteiger partial charge in [0.1, 0.15) is 5.60 Å². The molecule has 3 N–H and O–H groups in total. The number of amides is 1. The Balaban J connectivity index is 1.98. The minimum Gasteiger partial charge on any atom is -0.466 e. The molecule has 0 unspecified atom stereocenters. The monoisotopic (exact) mass is 392 g/mol. The fourth-order valence-electron chi connectivity index (χ4n) is 3.90. The van der Waals surface area contributed by atoms with E-state index in [1.54, 1.807) is 45.1 Å². The number of rotatable bonds is 4. The maximum absolute atomic E-state index is 12.8. The van der Waals surface area contributed by atoms with Crippen LogP contribution in [0.1, 0.15) is 27.2 Å². The molecule has 1 heterocycles. The number of carbonyl (C=O) groups excluding carboxylic acids is 3. The van der Waals surface area contributed by atoms with Gasteiger partial charge in [0.15, 0.2) is 5.71 Å². The number of hydrazine groups is 1. The number of hydrogen-bond donors (Lipinski definition) is 3. The molecule has 3 atom stereocenters. The summed E-state index contributed by atoms with van der Waals surface area (Å²) in [6, 6.07) is 0. The molecule has 10 nitrogen and oxygen atoms in total. The van der Waals surface area contributed by atoms with E-state index in [1.165, 1.54) is 14.2 Å². The third kappa shape index (κ3) is 2.67. The second-order valence-electron chi connectivity index (χ2n) is 7.89. The fourth-order valence-corrected chi connectivity index (χ4v) is 3.90. The van der Waals surface area contributed by atoms with Crippen LogP contribution in [0, 0.1) is 10.8 Å².